The molecule has 4 atom stereocenters. The Hall–Kier alpha value is -0.280. The van der Waals surface area contributed by atoms with Crippen molar-refractivity contribution in [3.8, 4) is 0 Å². The summed E-state index contributed by atoms with van der Waals surface area (Å²) in [5.74, 6) is -0.521. The molecule has 3 fully saturated rings. The van der Waals surface area contributed by atoms with Crippen molar-refractivity contribution in [3.63, 3.8) is 0 Å². The van der Waals surface area contributed by atoms with Crippen LogP contribution in [0.15, 0.2) is 0 Å². The van der Waals surface area contributed by atoms with Gasteiger partial charge in [-0.2, -0.15) is 0 Å². The first-order chi connectivity index (χ1) is 11.6. The molecular weight excluding hydrogens is 316 g/mol. The molecule has 0 aromatic rings. The Kier molecular flexibility index (Phi) is 6.86. The number of ether oxygens (including phenoxy) is 7. The van der Waals surface area contributed by atoms with Crippen LogP contribution in [0.1, 0.15) is 33.1 Å². The van der Waals surface area contributed by atoms with Gasteiger partial charge in [0.05, 0.1) is 39.6 Å². The van der Waals surface area contributed by atoms with Crippen molar-refractivity contribution in [2.24, 2.45) is 0 Å². The summed E-state index contributed by atoms with van der Waals surface area (Å²) in [6, 6.07) is 0. The van der Waals surface area contributed by atoms with Crippen molar-refractivity contribution in [3.05, 3.63) is 0 Å². The monoisotopic (exact) mass is 346 g/mol. The fourth-order valence-corrected chi connectivity index (χ4v) is 2.83. The van der Waals surface area contributed by atoms with Gasteiger partial charge in [0.15, 0.2) is 12.1 Å². The Morgan fingerprint density at radius 3 is 2.33 bits per heavy atom. The zero-order valence-corrected chi connectivity index (χ0v) is 14.7. The molecule has 0 amide bonds. The summed E-state index contributed by atoms with van der Waals surface area (Å²) in [5.41, 5.74) is 0. The molecule has 140 valence electrons. The minimum atomic E-state index is -0.521. The molecule has 3 saturated heterocycles. The summed E-state index contributed by atoms with van der Waals surface area (Å²) in [6.07, 6.45) is 3.08. The normalized spacial score (nSPS) is 33.5. The Bertz CT molecular complexity index is 366. The molecule has 0 spiro atoms. The Balaban J connectivity index is 1.36. The lowest BCUT2D eigenvalue weighted by Gasteiger charge is -2.28. The van der Waals surface area contributed by atoms with Crippen LogP contribution in [0.25, 0.3) is 0 Å². The van der Waals surface area contributed by atoms with E-state index >= 15 is 0 Å². The van der Waals surface area contributed by atoms with Gasteiger partial charge in [-0.1, -0.05) is 0 Å². The van der Waals surface area contributed by atoms with Crippen LogP contribution in [0.5, 0.6) is 0 Å². The first-order valence-electron chi connectivity index (χ1n) is 8.97. The van der Waals surface area contributed by atoms with Gasteiger partial charge in [0, 0.05) is 6.61 Å². The van der Waals surface area contributed by atoms with Crippen LogP contribution < -0.4 is 0 Å². The molecule has 3 aliphatic heterocycles. The molecular formula is C17H30O7. The molecule has 0 aliphatic carbocycles. The lowest BCUT2D eigenvalue weighted by Crippen LogP contribution is -2.35. The van der Waals surface area contributed by atoms with E-state index in [4.69, 9.17) is 33.2 Å². The number of hydrogen-bond donors (Lipinski definition) is 0. The molecule has 3 rings (SSSR count). The number of epoxide rings is 1. The third kappa shape index (κ3) is 6.55. The average Bonchev–Trinajstić information content (AvgIpc) is 3.31. The highest BCUT2D eigenvalue weighted by molar-refractivity contribution is 4.71. The molecule has 7 heteroatoms. The van der Waals surface area contributed by atoms with Gasteiger partial charge in [-0.25, -0.2) is 0 Å². The maximum Gasteiger partial charge on any atom is 0.163 e. The molecule has 3 aliphatic rings. The molecule has 0 bridgehead atoms. The molecule has 3 heterocycles. The molecule has 0 radical (unpaired) electrons. The van der Waals surface area contributed by atoms with Gasteiger partial charge < -0.3 is 33.2 Å². The van der Waals surface area contributed by atoms with E-state index in [1.807, 2.05) is 13.8 Å². The molecule has 0 aromatic heterocycles. The largest absolute Gasteiger partial charge is 0.376 e. The first-order valence-corrected chi connectivity index (χ1v) is 8.97. The molecule has 0 saturated carbocycles. The molecule has 4 unspecified atom stereocenters. The van der Waals surface area contributed by atoms with Crippen molar-refractivity contribution < 1.29 is 33.2 Å². The SMILES string of the molecule is CC1(C)OCC(COCC(COCC2CO2)OC2CCCCO2)O1. The molecule has 0 N–H and O–H groups in total. The van der Waals surface area contributed by atoms with Crippen LogP contribution in [0.4, 0.5) is 0 Å². The van der Waals surface area contributed by atoms with E-state index in [2.05, 4.69) is 0 Å². The maximum absolute atomic E-state index is 6.01. The van der Waals surface area contributed by atoms with Gasteiger partial charge >= 0.3 is 0 Å². The van der Waals surface area contributed by atoms with Crippen molar-refractivity contribution in [2.75, 3.05) is 46.2 Å². The molecule has 0 aromatic carbocycles. The van der Waals surface area contributed by atoms with Crippen molar-refractivity contribution in [2.45, 2.75) is 63.5 Å². The van der Waals surface area contributed by atoms with Crippen LogP contribution in [-0.2, 0) is 33.2 Å². The standard InChI is InChI=1S/C17H30O7/c1-17(2)22-12-15(24-17)10-19-9-14(8-18-7-13-11-21-13)23-16-5-3-4-6-20-16/h13-16H,3-12H2,1-2H3. The highest BCUT2D eigenvalue weighted by Crippen LogP contribution is 2.22. The predicted octanol–water partition coefficient (Wildman–Crippen LogP) is 1.48. The minimum absolute atomic E-state index is 0.0348. The van der Waals surface area contributed by atoms with E-state index in [1.54, 1.807) is 0 Å². The highest BCUT2D eigenvalue weighted by atomic mass is 16.7. The lowest BCUT2D eigenvalue weighted by atomic mass is 10.2. The third-order valence-corrected chi connectivity index (χ3v) is 4.17. The number of rotatable bonds is 10. The predicted molar refractivity (Wildman–Crippen MR) is 84.7 cm³/mol. The quantitative estimate of drug-likeness (QED) is 0.555. The zero-order valence-electron chi connectivity index (χ0n) is 14.7. The van der Waals surface area contributed by atoms with Crippen LogP contribution in [0.3, 0.4) is 0 Å². The van der Waals surface area contributed by atoms with Crippen LogP contribution in [0.2, 0.25) is 0 Å². The second kappa shape index (κ2) is 8.89. The van der Waals surface area contributed by atoms with Crippen LogP contribution in [-0.4, -0.2) is 76.6 Å². The minimum Gasteiger partial charge on any atom is -0.376 e. The van der Waals surface area contributed by atoms with E-state index in [0.29, 0.717) is 33.0 Å². The molecule has 7 nitrogen and oxygen atoms in total. The van der Waals surface area contributed by atoms with Gasteiger partial charge in [-0.05, 0) is 33.1 Å². The first kappa shape index (κ1) is 18.5. The van der Waals surface area contributed by atoms with Crippen LogP contribution >= 0.6 is 0 Å². The van der Waals surface area contributed by atoms with Crippen molar-refractivity contribution in [1.82, 2.24) is 0 Å². The van der Waals surface area contributed by atoms with E-state index in [-0.39, 0.29) is 24.6 Å². The van der Waals surface area contributed by atoms with Crippen LogP contribution in [0, 0.1) is 0 Å². The van der Waals surface area contributed by atoms with Gasteiger partial charge in [-0.15, -0.1) is 0 Å². The summed E-state index contributed by atoms with van der Waals surface area (Å²) >= 11 is 0. The second-order valence-corrected chi connectivity index (χ2v) is 7.04. The van der Waals surface area contributed by atoms with Crippen molar-refractivity contribution >= 4 is 0 Å². The lowest BCUT2D eigenvalue weighted by molar-refractivity contribution is -0.210. The van der Waals surface area contributed by atoms with E-state index in [0.717, 1.165) is 32.5 Å². The Morgan fingerprint density at radius 1 is 1.00 bits per heavy atom. The van der Waals surface area contributed by atoms with E-state index in [1.165, 1.54) is 0 Å². The van der Waals surface area contributed by atoms with E-state index in [9.17, 15) is 0 Å². The topological polar surface area (TPSA) is 67.9 Å². The van der Waals surface area contributed by atoms with E-state index < -0.39 is 5.79 Å². The summed E-state index contributed by atoms with van der Waals surface area (Å²) in [6.45, 7) is 7.96. The number of hydrogen-bond acceptors (Lipinski definition) is 7. The summed E-state index contributed by atoms with van der Waals surface area (Å²) in [4.78, 5) is 0. The van der Waals surface area contributed by atoms with Gasteiger partial charge in [0.1, 0.15) is 18.3 Å². The smallest absolute Gasteiger partial charge is 0.163 e. The fourth-order valence-electron chi connectivity index (χ4n) is 2.83. The van der Waals surface area contributed by atoms with Gasteiger partial charge in [-0.3, -0.25) is 0 Å². The Labute approximate surface area is 143 Å². The third-order valence-electron chi connectivity index (χ3n) is 4.17. The van der Waals surface area contributed by atoms with Crippen molar-refractivity contribution in [1.29, 1.82) is 0 Å². The summed E-state index contributed by atoms with van der Waals surface area (Å²) in [7, 11) is 0. The maximum atomic E-state index is 6.01. The van der Waals surface area contributed by atoms with Gasteiger partial charge in [0.25, 0.3) is 0 Å². The zero-order chi connectivity index (χ0) is 16.8. The second-order valence-electron chi connectivity index (χ2n) is 7.04. The highest BCUT2D eigenvalue weighted by Gasteiger charge is 2.33. The fraction of sp³-hybridized carbons (Fsp3) is 1.00. The summed E-state index contributed by atoms with van der Waals surface area (Å²) in [5, 5.41) is 0. The molecule has 24 heavy (non-hydrogen) atoms. The Morgan fingerprint density at radius 2 is 1.75 bits per heavy atom. The average molecular weight is 346 g/mol. The van der Waals surface area contributed by atoms with Gasteiger partial charge in [0.2, 0.25) is 0 Å². The summed E-state index contributed by atoms with van der Waals surface area (Å²) < 4.78 is 39.6.